The molecule has 46 valence electrons. The molecule has 1 aliphatic heterocycles. The standard InChI is InChI=1S/C4H7NO2S/c6-4-3-8(7)2-1-5-4/h1-3H2,(H,5,6)/t8-/m0/s1. The Morgan fingerprint density at radius 2 is 2.38 bits per heavy atom. The summed E-state index contributed by atoms with van der Waals surface area (Å²) in [5, 5.41) is 2.58. The number of hydrogen-bond donors (Lipinski definition) is 1. The van der Waals surface area contributed by atoms with Crippen LogP contribution in [0.4, 0.5) is 0 Å². The van der Waals surface area contributed by atoms with Crippen LogP contribution in [0.2, 0.25) is 0 Å². The molecule has 1 saturated heterocycles. The van der Waals surface area contributed by atoms with E-state index < -0.39 is 10.8 Å². The maximum absolute atomic E-state index is 10.5. The zero-order valence-corrected chi connectivity index (χ0v) is 5.16. The van der Waals surface area contributed by atoms with Crippen molar-refractivity contribution in [1.82, 2.24) is 5.32 Å². The van der Waals surface area contributed by atoms with Crippen molar-refractivity contribution in [3.63, 3.8) is 0 Å². The summed E-state index contributed by atoms with van der Waals surface area (Å²) in [7, 11) is -0.882. The second-order valence-corrected chi connectivity index (χ2v) is 3.21. The van der Waals surface area contributed by atoms with Gasteiger partial charge in [-0.25, -0.2) is 0 Å². The summed E-state index contributed by atoms with van der Waals surface area (Å²) >= 11 is 0. The van der Waals surface area contributed by atoms with Crippen LogP contribution in [-0.2, 0) is 15.6 Å². The van der Waals surface area contributed by atoms with E-state index in [-0.39, 0.29) is 11.7 Å². The van der Waals surface area contributed by atoms with Crippen molar-refractivity contribution in [3.8, 4) is 0 Å². The quantitative estimate of drug-likeness (QED) is 0.454. The lowest BCUT2D eigenvalue weighted by Crippen LogP contribution is -2.38. The summed E-state index contributed by atoms with van der Waals surface area (Å²) in [5.74, 6) is 0.723. The van der Waals surface area contributed by atoms with Crippen LogP contribution in [0, 0.1) is 0 Å². The van der Waals surface area contributed by atoms with Gasteiger partial charge in [0.05, 0.1) is 0 Å². The van der Waals surface area contributed by atoms with Crippen molar-refractivity contribution < 1.29 is 9.00 Å². The van der Waals surface area contributed by atoms with Crippen LogP contribution >= 0.6 is 0 Å². The third kappa shape index (κ3) is 1.30. The summed E-state index contributed by atoms with van der Waals surface area (Å²) in [5.41, 5.74) is 0. The molecule has 1 atom stereocenters. The molecule has 0 aliphatic carbocycles. The Hall–Kier alpha value is -0.380. The van der Waals surface area contributed by atoms with Crippen LogP contribution in [0.15, 0.2) is 0 Å². The summed E-state index contributed by atoms with van der Waals surface area (Å²) in [6.07, 6.45) is 0. The number of nitrogens with one attached hydrogen (secondary N) is 1. The first kappa shape index (κ1) is 5.75. The monoisotopic (exact) mass is 133 g/mol. The summed E-state index contributed by atoms with van der Waals surface area (Å²) in [6, 6.07) is 0. The first-order valence-electron chi connectivity index (χ1n) is 2.41. The molecule has 1 aliphatic rings. The Morgan fingerprint density at radius 3 is 2.75 bits per heavy atom. The lowest BCUT2D eigenvalue weighted by molar-refractivity contribution is -0.118. The van der Waals surface area contributed by atoms with E-state index in [0.29, 0.717) is 12.3 Å². The molecule has 1 amide bonds. The zero-order chi connectivity index (χ0) is 5.98. The van der Waals surface area contributed by atoms with Crippen molar-refractivity contribution in [2.24, 2.45) is 0 Å². The van der Waals surface area contributed by atoms with E-state index in [4.69, 9.17) is 0 Å². The Morgan fingerprint density at radius 1 is 1.62 bits per heavy atom. The lowest BCUT2D eigenvalue weighted by atomic mass is 10.6. The molecule has 0 aromatic rings. The molecule has 1 rings (SSSR count). The molecule has 0 aromatic heterocycles. The number of hydrogen-bond acceptors (Lipinski definition) is 2. The average Bonchev–Trinajstić information content (AvgIpc) is 1.64. The van der Waals surface area contributed by atoms with Crippen LogP contribution in [0.3, 0.4) is 0 Å². The molecule has 1 fully saturated rings. The highest BCUT2D eigenvalue weighted by atomic mass is 32.2. The summed E-state index contributed by atoms with van der Waals surface area (Å²) in [6.45, 7) is 0.575. The molecule has 4 heteroatoms. The normalized spacial score (nSPS) is 29.5. The maximum atomic E-state index is 10.5. The Kier molecular flexibility index (Phi) is 1.62. The van der Waals surface area contributed by atoms with Crippen molar-refractivity contribution >= 4 is 16.7 Å². The van der Waals surface area contributed by atoms with Gasteiger partial charge in [0.15, 0.2) is 0 Å². The van der Waals surface area contributed by atoms with Crippen LogP contribution < -0.4 is 5.32 Å². The Labute approximate surface area is 49.9 Å². The molecule has 3 nitrogen and oxygen atoms in total. The predicted molar refractivity (Wildman–Crippen MR) is 30.9 cm³/mol. The lowest BCUT2D eigenvalue weighted by Gasteiger charge is -2.09. The van der Waals surface area contributed by atoms with Crippen molar-refractivity contribution in [1.29, 1.82) is 0 Å². The smallest absolute Gasteiger partial charge is 0.232 e. The van der Waals surface area contributed by atoms with E-state index in [1.807, 2.05) is 0 Å². The van der Waals surface area contributed by atoms with Crippen LogP contribution in [-0.4, -0.2) is 28.2 Å². The fourth-order valence-electron chi connectivity index (χ4n) is 0.574. The Balaban J connectivity index is 2.45. The SMILES string of the molecule is O=C1C[S@@](=O)CCN1. The van der Waals surface area contributed by atoms with E-state index >= 15 is 0 Å². The van der Waals surface area contributed by atoms with Gasteiger partial charge in [0.25, 0.3) is 0 Å². The molecule has 0 spiro atoms. The number of carbonyl (C=O) groups excluding carboxylic acids is 1. The molecular formula is C4H7NO2S. The van der Waals surface area contributed by atoms with Gasteiger partial charge in [0.1, 0.15) is 5.75 Å². The minimum Gasteiger partial charge on any atom is -0.354 e. The van der Waals surface area contributed by atoms with Crippen molar-refractivity contribution in [3.05, 3.63) is 0 Å². The molecule has 0 aromatic carbocycles. The number of rotatable bonds is 0. The molecule has 1 heterocycles. The highest BCUT2D eigenvalue weighted by Gasteiger charge is 2.12. The fraction of sp³-hybridized carbons (Fsp3) is 0.750. The van der Waals surface area contributed by atoms with Gasteiger partial charge in [0, 0.05) is 23.1 Å². The molecule has 1 N–H and O–H groups in total. The highest BCUT2D eigenvalue weighted by molar-refractivity contribution is 7.85. The predicted octanol–water partition coefficient (Wildman–Crippen LogP) is -1.14. The number of amides is 1. The third-order valence-corrected chi connectivity index (χ3v) is 2.19. The molecule has 8 heavy (non-hydrogen) atoms. The van der Waals surface area contributed by atoms with E-state index in [2.05, 4.69) is 5.32 Å². The van der Waals surface area contributed by atoms with Gasteiger partial charge in [-0.3, -0.25) is 9.00 Å². The highest BCUT2D eigenvalue weighted by Crippen LogP contribution is 1.86. The molecule has 0 saturated carbocycles. The van der Waals surface area contributed by atoms with Crippen LogP contribution in [0.25, 0.3) is 0 Å². The zero-order valence-electron chi connectivity index (χ0n) is 4.35. The molecular weight excluding hydrogens is 126 g/mol. The van der Waals surface area contributed by atoms with Gasteiger partial charge in [0.2, 0.25) is 5.91 Å². The average molecular weight is 133 g/mol. The second-order valence-electron chi connectivity index (χ2n) is 1.64. The van der Waals surface area contributed by atoms with Crippen LogP contribution in [0.5, 0.6) is 0 Å². The van der Waals surface area contributed by atoms with E-state index in [0.717, 1.165) is 0 Å². The van der Waals surface area contributed by atoms with Crippen molar-refractivity contribution in [2.45, 2.75) is 0 Å². The first-order chi connectivity index (χ1) is 3.79. The van der Waals surface area contributed by atoms with Gasteiger partial charge >= 0.3 is 0 Å². The van der Waals surface area contributed by atoms with Gasteiger partial charge in [-0.05, 0) is 0 Å². The van der Waals surface area contributed by atoms with Gasteiger partial charge < -0.3 is 5.32 Å². The molecule has 0 unspecified atom stereocenters. The van der Waals surface area contributed by atoms with Gasteiger partial charge in [-0.15, -0.1) is 0 Å². The van der Waals surface area contributed by atoms with Gasteiger partial charge in [-0.1, -0.05) is 0 Å². The van der Waals surface area contributed by atoms with E-state index in [1.165, 1.54) is 0 Å². The molecule has 0 radical (unpaired) electrons. The second kappa shape index (κ2) is 2.26. The third-order valence-electron chi connectivity index (χ3n) is 0.944. The largest absolute Gasteiger partial charge is 0.354 e. The van der Waals surface area contributed by atoms with Crippen molar-refractivity contribution in [2.75, 3.05) is 18.1 Å². The molecule has 0 bridgehead atoms. The maximum Gasteiger partial charge on any atom is 0.232 e. The van der Waals surface area contributed by atoms with E-state index in [9.17, 15) is 9.00 Å². The van der Waals surface area contributed by atoms with E-state index in [1.54, 1.807) is 0 Å². The minimum absolute atomic E-state index is 0.0883. The fourth-order valence-corrected chi connectivity index (χ4v) is 1.44. The first-order valence-corrected chi connectivity index (χ1v) is 3.89. The summed E-state index contributed by atoms with van der Waals surface area (Å²) < 4.78 is 10.5. The van der Waals surface area contributed by atoms with Crippen LogP contribution in [0.1, 0.15) is 0 Å². The Bertz CT molecular complexity index is 120. The number of carbonyl (C=O) groups is 1. The minimum atomic E-state index is -0.882. The van der Waals surface area contributed by atoms with Gasteiger partial charge in [-0.2, -0.15) is 0 Å². The topological polar surface area (TPSA) is 46.2 Å². The summed E-state index contributed by atoms with van der Waals surface area (Å²) in [4.78, 5) is 10.4.